The van der Waals surface area contributed by atoms with Gasteiger partial charge in [-0.2, -0.15) is 0 Å². The Labute approximate surface area is 102 Å². The molecule has 0 heterocycles. The van der Waals surface area contributed by atoms with E-state index in [9.17, 15) is 10.2 Å². The van der Waals surface area contributed by atoms with Crippen LogP contribution in [0.15, 0.2) is 10.5 Å². The number of phenolic OH excluding ortho intramolecular Hbond substituents is 1. The summed E-state index contributed by atoms with van der Waals surface area (Å²) in [5, 5.41) is 19.4. The van der Waals surface area contributed by atoms with Gasteiger partial charge in [0.05, 0.1) is 20.3 Å². The molecule has 0 bridgehead atoms. The van der Waals surface area contributed by atoms with Crippen molar-refractivity contribution in [2.75, 3.05) is 20.8 Å². The minimum Gasteiger partial charge on any atom is -0.506 e. The van der Waals surface area contributed by atoms with E-state index in [1.54, 1.807) is 0 Å². The van der Waals surface area contributed by atoms with Gasteiger partial charge in [0.1, 0.15) is 10.2 Å². The number of rotatable bonds is 4. The van der Waals surface area contributed by atoms with E-state index in [-0.39, 0.29) is 12.3 Å². The van der Waals surface area contributed by atoms with Gasteiger partial charge in [-0.25, -0.2) is 0 Å². The number of hydrogen-bond acceptors (Lipinski definition) is 5. The molecule has 0 aliphatic carbocycles. The third-order valence-electron chi connectivity index (χ3n) is 2.20. The fourth-order valence-corrected chi connectivity index (χ4v) is 1.93. The van der Waals surface area contributed by atoms with Gasteiger partial charge in [-0.15, -0.1) is 0 Å². The monoisotopic (exact) mass is 291 g/mol. The van der Waals surface area contributed by atoms with Gasteiger partial charge < -0.3 is 25.4 Å². The van der Waals surface area contributed by atoms with Crippen LogP contribution < -0.4 is 15.2 Å². The molecule has 6 heteroatoms. The van der Waals surface area contributed by atoms with E-state index in [0.29, 0.717) is 21.5 Å². The van der Waals surface area contributed by atoms with E-state index < -0.39 is 6.10 Å². The van der Waals surface area contributed by atoms with Gasteiger partial charge in [-0.3, -0.25) is 0 Å². The topological polar surface area (TPSA) is 84.9 Å². The van der Waals surface area contributed by atoms with Crippen LogP contribution in [-0.2, 0) is 0 Å². The molecule has 0 aliphatic rings. The fraction of sp³-hybridized carbons (Fsp3) is 0.400. The van der Waals surface area contributed by atoms with E-state index in [1.165, 1.54) is 20.3 Å². The Bertz CT molecular complexity index is 384. The summed E-state index contributed by atoms with van der Waals surface area (Å²) >= 11 is 3.17. The predicted molar refractivity (Wildman–Crippen MR) is 62.9 cm³/mol. The van der Waals surface area contributed by atoms with Gasteiger partial charge in [0, 0.05) is 12.1 Å². The maximum atomic E-state index is 9.83. The van der Waals surface area contributed by atoms with Crippen molar-refractivity contribution in [3.05, 3.63) is 16.1 Å². The number of halogens is 1. The predicted octanol–water partition coefficient (Wildman–Crippen LogP) is 1.16. The molecule has 0 aromatic heterocycles. The molecule has 90 valence electrons. The average molecular weight is 292 g/mol. The minimum absolute atomic E-state index is 0.00941. The summed E-state index contributed by atoms with van der Waals surface area (Å²) in [5.41, 5.74) is 5.63. The third kappa shape index (κ3) is 2.23. The quantitative estimate of drug-likeness (QED) is 0.775. The van der Waals surface area contributed by atoms with Crippen molar-refractivity contribution in [2.45, 2.75) is 6.10 Å². The lowest BCUT2D eigenvalue weighted by atomic mass is 10.1. The maximum absolute atomic E-state index is 9.83. The molecule has 0 saturated carbocycles. The van der Waals surface area contributed by atoms with Crippen molar-refractivity contribution in [3.63, 3.8) is 0 Å². The summed E-state index contributed by atoms with van der Waals surface area (Å²) in [6.45, 7) is 0.00941. The highest BCUT2D eigenvalue weighted by Gasteiger charge is 2.20. The zero-order valence-electron chi connectivity index (χ0n) is 9.03. The highest BCUT2D eigenvalue weighted by atomic mass is 79.9. The van der Waals surface area contributed by atoms with Crippen molar-refractivity contribution in [1.29, 1.82) is 0 Å². The number of nitrogens with two attached hydrogens (primary N) is 1. The first-order valence-electron chi connectivity index (χ1n) is 4.58. The second-order valence-corrected chi connectivity index (χ2v) is 3.91. The maximum Gasteiger partial charge on any atom is 0.178 e. The molecule has 0 radical (unpaired) electrons. The van der Waals surface area contributed by atoms with E-state index in [0.717, 1.165) is 0 Å². The second kappa shape index (κ2) is 5.38. The lowest BCUT2D eigenvalue weighted by Crippen LogP contribution is -2.12. The van der Waals surface area contributed by atoms with Crippen LogP contribution in [0.5, 0.6) is 17.2 Å². The normalized spacial score (nSPS) is 12.3. The Morgan fingerprint density at radius 1 is 1.44 bits per heavy atom. The lowest BCUT2D eigenvalue weighted by Gasteiger charge is -2.16. The molecule has 1 aromatic carbocycles. The largest absolute Gasteiger partial charge is 0.506 e. The van der Waals surface area contributed by atoms with Crippen LogP contribution in [0.4, 0.5) is 0 Å². The van der Waals surface area contributed by atoms with Crippen LogP contribution in [0.3, 0.4) is 0 Å². The van der Waals surface area contributed by atoms with Crippen LogP contribution in [0.2, 0.25) is 0 Å². The Kier molecular flexibility index (Phi) is 4.40. The van der Waals surface area contributed by atoms with E-state index >= 15 is 0 Å². The number of aliphatic hydroxyl groups excluding tert-OH is 1. The summed E-state index contributed by atoms with van der Waals surface area (Å²) in [6.07, 6.45) is -0.948. The van der Waals surface area contributed by atoms with Gasteiger partial charge in [-0.1, -0.05) is 0 Å². The summed E-state index contributed by atoms with van der Waals surface area (Å²) in [7, 11) is 2.93. The summed E-state index contributed by atoms with van der Waals surface area (Å²) < 4.78 is 10.5. The molecule has 4 N–H and O–H groups in total. The van der Waals surface area contributed by atoms with Crippen LogP contribution in [0.1, 0.15) is 11.7 Å². The van der Waals surface area contributed by atoms with E-state index in [4.69, 9.17) is 15.2 Å². The molecule has 1 aromatic rings. The zero-order chi connectivity index (χ0) is 12.3. The van der Waals surface area contributed by atoms with Gasteiger partial charge in [0.25, 0.3) is 0 Å². The van der Waals surface area contributed by atoms with Crippen molar-refractivity contribution in [2.24, 2.45) is 5.73 Å². The van der Waals surface area contributed by atoms with Crippen molar-refractivity contribution < 1.29 is 19.7 Å². The highest BCUT2D eigenvalue weighted by molar-refractivity contribution is 9.10. The molecule has 5 nitrogen and oxygen atoms in total. The SMILES string of the molecule is COc1cc(C(O)CN)c(O)c(Br)c1OC. The zero-order valence-corrected chi connectivity index (χ0v) is 10.6. The fourth-order valence-electron chi connectivity index (χ4n) is 1.34. The Morgan fingerprint density at radius 3 is 2.50 bits per heavy atom. The minimum atomic E-state index is -0.948. The van der Waals surface area contributed by atoms with Gasteiger partial charge in [-0.05, 0) is 22.0 Å². The first-order chi connectivity index (χ1) is 7.56. The number of ether oxygens (including phenoxy) is 2. The molecule has 1 unspecified atom stereocenters. The van der Waals surface area contributed by atoms with Crippen molar-refractivity contribution in [3.8, 4) is 17.2 Å². The average Bonchev–Trinajstić information content (AvgIpc) is 2.31. The number of hydrogen-bond donors (Lipinski definition) is 3. The molecule has 16 heavy (non-hydrogen) atoms. The molecular weight excluding hydrogens is 278 g/mol. The molecule has 0 saturated heterocycles. The highest BCUT2D eigenvalue weighted by Crippen LogP contribution is 2.45. The Balaban J connectivity index is 3.38. The number of aliphatic hydroxyl groups is 1. The third-order valence-corrected chi connectivity index (χ3v) is 2.93. The number of phenols is 1. The molecule has 0 amide bonds. The first kappa shape index (κ1) is 13.1. The second-order valence-electron chi connectivity index (χ2n) is 3.12. The van der Waals surface area contributed by atoms with Crippen molar-refractivity contribution in [1.82, 2.24) is 0 Å². The smallest absolute Gasteiger partial charge is 0.178 e. The molecule has 0 spiro atoms. The lowest BCUT2D eigenvalue weighted by molar-refractivity contribution is 0.181. The van der Waals surface area contributed by atoms with Crippen LogP contribution in [0.25, 0.3) is 0 Å². The van der Waals surface area contributed by atoms with Crippen LogP contribution in [0, 0.1) is 0 Å². The van der Waals surface area contributed by atoms with E-state index in [2.05, 4.69) is 15.9 Å². The molecular formula is C10H14BrNO4. The van der Waals surface area contributed by atoms with Crippen LogP contribution in [-0.4, -0.2) is 31.0 Å². The van der Waals surface area contributed by atoms with Gasteiger partial charge >= 0.3 is 0 Å². The number of benzene rings is 1. The number of aromatic hydroxyl groups is 1. The van der Waals surface area contributed by atoms with Crippen molar-refractivity contribution >= 4 is 15.9 Å². The molecule has 1 atom stereocenters. The van der Waals surface area contributed by atoms with Gasteiger partial charge in [0.15, 0.2) is 11.5 Å². The first-order valence-corrected chi connectivity index (χ1v) is 5.37. The summed E-state index contributed by atoms with van der Waals surface area (Å²) in [5.74, 6) is 0.679. The molecule has 1 rings (SSSR count). The Morgan fingerprint density at radius 2 is 2.06 bits per heavy atom. The summed E-state index contributed by atoms with van der Waals surface area (Å²) in [6, 6.07) is 1.50. The standard InChI is InChI=1S/C10H14BrNO4/c1-15-7-3-5(6(13)4-12)9(14)8(11)10(7)16-2/h3,6,13-14H,4,12H2,1-2H3. The van der Waals surface area contributed by atoms with E-state index in [1.807, 2.05) is 0 Å². The molecule has 0 aliphatic heterocycles. The Hall–Kier alpha value is -0.980. The number of methoxy groups -OCH3 is 2. The van der Waals surface area contributed by atoms with Crippen LogP contribution >= 0.6 is 15.9 Å². The summed E-state index contributed by atoms with van der Waals surface area (Å²) in [4.78, 5) is 0. The van der Waals surface area contributed by atoms with Gasteiger partial charge in [0.2, 0.25) is 0 Å². The molecule has 0 fully saturated rings.